The lowest BCUT2D eigenvalue weighted by Crippen LogP contribution is -2.83. The van der Waals surface area contributed by atoms with E-state index < -0.39 is 35.3 Å². The molecule has 4 N–H and O–H groups in total. The quantitative estimate of drug-likeness (QED) is 0.149. The molecule has 6 atom stereocenters. The van der Waals surface area contributed by atoms with Crippen molar-refractivity contribution in [1.82, 2.24) is 0 Å². The van der Waals surface area contributed by atoms with Gasteiger partial charge in [0.1, 0.15) is 17.3 Å². The fourth-order valence-corrected chi connectivity index (χ4v) is 7.04. The van der Waals surface area contributed by atoms with Crippen LogP contribution >= 0.6 is 50.1 Å². The van der Waals surface area contributed by atoms with Crippen LogP contribution in [0.2, 0.25) is 5.02 Å². The van der Waals surface area contributed by atoms with Crippen molar-refractivity contribution in [3.8, 4) is 0 Å². The third kappa shape index (κ3) is 6.79. The summed E-state index contributed by atoms with van der Waals surface area (Å²) < 4.78 is 14.0. The van der Waals surface area contributed by atoms with Crippen LogP contribution in [0.4, 0.5) is 0 Å². The van der Waals surface area contributed by atoms with E-state index in [1.807, 2.05) is 78.9 Å². The molecule has 0 radical (unpaired) electrons. The van der Waals surface area contributed by atoms with Gasteiger partial charge in [-0.3, -0.25) is 0 Å². The second kappa shape index (κ2) is 13.9. The van der Waals surface area contributed by atoms with Gasteiger partial charge in [0.2, 0.25) is 0 Å². The van der Waals surface area contributed by atoms with E-state index in [-0.39, 0.29) is 25.7 Å². The molecule has 1 saturated heterocycles. The zero-order chi connectivity index (χ0) is 31.5. The van der Waals surface area contributed by atoms with Crippen molar-refractivity contribution < 1.29 is 29.9 Å². The number of aliphatic hydroxyl groups is 4. The molecule has 44 heavy (non-hydrogen) atoms. The first-order valence-corrected chi connectivity index (χ1v) is 16.5. The molecule has 1 heterocycles. The third-order valence-electron chi connectivity index (χ3n) is 8.56. The Morgan fingerprint density at radius 1 is 0.773 bits per heavy atom. The van der Waals surface area contributed by atoms with Crippen LogP contribution in [0.1, 0.15) is 22.3 Å². The van der Waals surface area contributed by atoms with E-state index in [4.69, 9.17) is 21.1 Å². The summed E-state index contributed by atoms with van der Waals surface area (Å²) in [6, 6.07) is 31.1. The van der Waals surface area contributed by atoms with Gasteiger partial charge >= 0.3 is 0 Å². The van der Waals surface area contributed by atoms with Gasteiger partial charge < -0.3 is 29.9 Å². The zero-order valence-corrected chi connectivity index (χ0v) is 28.6. The highest BCUT2D eigenvalue weighted by molar-refractivity contribution is 14.1. The molecular weight excluding hydrogens is 759 g/mol. The second-order valence-corrected chi connectivity index (χ2v) is 14.1. The minimum Gasteiger partial charge on any atom is -0.390 e. The first-order chi connectivity index (χ1) is 21.0. The molecule has 0 aliphatic carbocycles. The van der Waals surface area contributed by atoms with Gasteiger partial charge in [-0.15, -0.1) is 0 Å². The van der Waals surface area contributed by atoms with Crippen molar-refractivity contribution in [2.45, 2.75) is 61.0 Å². The number of hydrogen-bond donors (Lipinski definition) is 4. The van der Waals surface area contributed by atoms with Gasteiger partial charge in [0.05, 0.1) is 6.10 Å². The van der Waals surface area contributed by atoms with E-state index in [1.54, 1.807) is 24.3 Å². The van der Waals surface area contributed by atoms with Gasteiger partial charge in [0.15, 0.2) is 11.9 Å². The fraction of sp³-hybridized carbons (Fsp3) is 0.314. The number of benzene rings is 4. The van der Waals surface area contributed by atoms with Gasteiger partial charge in [-0.25, -0.2) is 0 Å². The Morgan fingerprint density at radius 3 is 1.89 bits per heavy atom. The highest BCUT2D eigenvalue weighted by atomic mass is 127. The molecular formula is C35H35BrClIO6. The molecule has 232 valence electrons. The molecule has 0 aromatic heterocycles. The van der Waals surface area contributed by atoms with Crippen molar-refractivity contribution in [1.29, 1.82) is 0 Å². The molecule has 1 fully saturated rings. The summed E-state index contributed by atoms with van der Waals surface area (Å²) in [6.45, 7) is 0. The summed E-state index contributed by atoms with van der Waals surface area (Å²) in [5.41, 5.74) is -3.83. The topological polar surface area (TPSA) is 99.4 Å². The molecule has 0 bridgehead atoms. The lowest BCUT2D eigenvalue weighted by molar-refractivity contribution is -0.405. The van der Waals surface area contributed by atoms with Crippen molar-refractivity contribution in [3.63, 3.8) is 0 Å². The van der Waals surface area contributed by atoms with Crippen LogP contribution in [-0.4, -0.2) is 62.8 Å². The lowest BCUT2D eigenvalue weighted by atomic mass is 9.59. The number of aliphatic hydroxyl groups excluding tert-OH is 1. The maximum absolute atomic E-state index is 13.1. The Balaban J connectivity index is 1.69. The minimum absolute atomic E-state index is 0.0973. The van der Waals surface area contributed by atoms with Crippen LogP contribution < -0.4 is 0 Å². The molecule has 1 aliphatic heterocycles. The van der Waals surface area contributed by atoms with E-state index in [2.05, 4.69) is 38.5 Å². The monoisotopic (exact) mass is 792 g/mol. The van der Waals surface area contributed by atoms with Crippen LogP contribution in [0.25, 0.3) is 0 Å². The first kappa shape index (κ1) is 33.5. The zero-order valence-electron chi connectivity index (χ0n) is 24.1. The normalized spacial score (nSPS) is 27.6. The van der Waals surface area contributed by atoms with E-state index in [1.165, 1.54) is 7.11 Å². The van der Waals surface area contributed by atoms with Crippen molar-refractivity contribution >= 4 is 50.1 Å². The van der Waals surface area contributed by atoms with Crippen LogP contribution in [0, 0.1) is 3.57 Å². The van der Waals surface area contributed by atoms with Gasteiger partial charge in [0, 0.05) is 45.9 Å². The van der Waals surface area contributed by atoms with Crippen molar-refractivity contribution in [3.05, 3.63) is 138 Å². The fourth-order valence-electron chi connectivity index (χ4n) is 6.29. The predicted molar refractivity (Wildman–Crippen MR) is 183 cm³/mol. The number of rotatable bonds is 10. The third-order valence-corrected chi connectivity index (χ3v) is 10.1. The average molecular weight is 794 g/mol. The SMILES string of the molecule is CO[C@H]1O[C@H](C(O)Cc2ccccc2)[C@](O)(Cc2ccc(Cl)cc2)[C@@](O)(Cc2ccc(Br)cc2)[C@]1(O)Cc1ccc(I)cc1. The van der Waals surface area contributed by atoms with Crippen LogP contribution in [0.15, 0.2) is 108 Å². The molecule has 1 aliphatic rings. The second-order valence-electron chi connectivity index (χ2n) is 11.5. The lowest BCUT2D eigenvalue weighted by Gasteiger charge is -2.61. The summed E-state index contributed by atoms with van der Waals surface area (Å²) >= 11 is 11.8. The predicted octanol–water partition coefficient (Wildman–Crippen LogP) is 5.90. The molecule has 5 rings (SSSR count). The number of ether oxygens (including phenoxy) is 2. The Bertz CT molecular complexity index is 1520. The smallest absolute Gasteiger partial charge is 0.189 e. The average Bonchev–Trinajstić information content (AvgIpc) is 3.00. The highest BCUT2D eigenvalue weighted by Gasteiger charge is 2.72. The Kier molecular flexibility index (Phi) is 10.6. The van der Waals surface area contributed by atoms with E-state index >= 15 is 0 Å². The summed E-state index contributed by atoms with van der Waals surface area (Å²) in [7, 11) is 1.38. The highest BCUT2D eigenvalue weighted by Crippen LogP contribution is 2.51. The number of hydrogen-bond acceptors (Lipinski definition) is 6. The summed E-state index contributed by atoms with van der Waals surface area (Å²) in [4.78, 5) is 0. The molecule has 4 aromatic rings. The molecule has 1 unspecified atom stereocenters. The van der Waals surface area contributed by atoms with Gasteiger partial charge in [-0.05, 0) is 81.2 Å². The number of halogens is 3. The standard InChI is InChI=1S/C35H35BrClIO6/c1-43-32-34(41,21-25-11-17-29(38)18-12-25)35(42,22-26-7-13-27(36)14-8-26)33(40,20-24-9-15-28(37)16-10-24)31(44-32)30(39)19-23-5-3-2-4-6-23/h2-18,30-32,39-42H,19-22H2,1H3/t30?,31-,32+,33-,34+,35+/m1/s1. The Hall–Kier alpha value is -1.86. The number of methoxy groups -OCH3 is 1. The summed E-state index contributed by atoms with van der Waals surface area (Å²) in [5.74, 6) is 0. The largest absolute Gasteiger partial charge is 0.390 e. The first-order valence-electron chi connectivity index (χ1n) is 14.3. The van der Waals surface area contributed by atoms with E-state index in [0.29, 0.717) is 21.7 Å². The van der Waals surface area contributed by atoms with E-state index in [0.717, 1.165) is 13.6 Å². The van der Waals surface area contributed by atoms with Crippen LogP contribution in [-0.2, 0) is 35.2 Å². The summed E-state index contributed by atoms with van der Waals surface area (Å²) in [5, 5.41) is 51.2. The summed E-state index contributed by atoms with van der Waals surface area (Å²) in [6.07, 6.45) is -4.31. The molecule has 0 amide bonds. The van der Waals surface area contributed by atoms with Crippen LogP contribution in [0.3, 0.4) is 0 Å². The van der Waals surface area contributed by atoms with Gasteiger partial charge in [-0.1, -0.05) is 94.3 Å². The van der Waals surface area contributed by atoms with Crippen LogP contribution in [0.5, 0.6) is 0 Å². The molecule has 0 spiro atoms. The molecule has 6 nitrogen and oxygen atoms in total. The van der Waals surface area contributed by atoms with Crippen molar-refractivity contribution in [2.24, 2.45) is 0 Å². The van der Waals surface area contributed by atoms with Crippen molar-refractivity contribution in [2.75, 3.05) is 7.11 Å². The van der Waals surface area contributed by atoms with E-state index in [9.17, 15) is 20.4 Å². The maximum atomic E-state index is 13.1. The maximum Gasteiger partial charge on any atom is 0.189 e. The van der Waals surface area contributed by atoms with Gasteiger partial charge in [-0.2, -0.15) is 0 Å². The Morgan fingerprint density at radius 2 is 1.30 bits per heavy atom. The minimum atomic E-state index is -2.29. The Labute approximate surface area is 284 Å². The molecule has 4 aromatic carbocycles. The molecule has 9 heteroatoms. The van der Waals surface area contributed by atoms with Gasteiger partial charge in [0.25, 0.3) is 0 Å². The molecule has 0 saturated carbocycles.